The number of hydrogen-bond donors (Lipinski definition) is 0. The predicted octanol–water partition coefficient (Wildman–Crippen LogP) is 5.92. The lowest BCUT2D eigenvalue weighted by Gasteiger charge is -2.11. The van der Waals surface area contributed by atoms with E-state index in [0.29, 0.717) is 33.7 Å². The molecule has 0 bridgehead atoms. The second kappa shape index (κ2) is 8.52. The van der Waals surface area contributed by atoms with Crippen LogP contribution in [0.15, 0.2) is 83.5 Å². The summed E-state index contributed by atoms with van der Waals surface area (Å²) in [6.45, 7) is 0.308. The van der Waals surface area contributed by atoms with Crippen LogP contribution in [0.3, 0.4) is 0 Å². The second-order valence-corrected chi connectivity index (χ2v) is 7.15. The molecular weight excluding hydrogens is 409 g/mol. The van der Waals surface area contributed by atoms with Gasteiger partial charge in [0.1, 0.15) is 18.1 Å². The summed E-state index contributed by atoms with van der Waals surface area (Å²) in [6.07, 6.45) is 1.71. The molecule has 3 aromatic carbocycles. The number of oxime groups is 1. The van der Waals surface area contributed by atoms with Crippen LogP contribution >= 0.6 is 23.2 Å². The van der Waals surface area contributed by atoms with Gasteiger partial charge in [-0.1, -0.05) is 76.9 Å². The minimum atomic E-state index is -0.518. The van der Waals surface area contributed by atoms with Gasteiger partial charge in [-0.25, -0.2) is 4.79 Å². The summed E-state index contributed by atoms with van der Waals surface area (Å²) < 4.78 is 5.97. The molecule has 0 radical (unpaired) electrons. The first-order valence-corrected chi connectivity index (χ1v) is 9.60. The van der Waals surface area contributed by atoms with Crippen LogP contribution in [0.5, 0.6) is 5.75 Å². The lowest BCUT2D eigenvalue weighted by molar-refractivity contribution is -0.136. The predicted molar refractivity (Wildman–Crippen MR) is 114 cm³/mol. The number of para-hydroxylation sites is 1. The van der Waals surface area contributed by atoms with E-state index in [9.17, 15) is 4.79 Å². The lowest BCUT2D eigenvalue weighted by Crippen LogP contribution is -2.07. The molecule has 3 aromatic rings. The molecule has 0 saturated heterocycles. The maximum absolute atomic E-state index is 12.3. The highest BCUT2D eigenvalue weighted by Gasteiger charge is 2.27. The van der Waals surface area contributed by atoms with Crippen LogP contribution in [0.1, 0.15) is 16.7 Å². The van der Waals surface area contributed by atoms with E-state index in [2.05, 4.69) is 5.16 Å². The summed E-state index contributed by atoms with van der Waals surface area (Å²) in [7, 11) is 0. The zero-order valence-corrected chi connectivity index (χ0v) is 16.7. The van der Waals surface area contributed by atoms with Gasteiger partial charge in [0.05, 0.1) is 5.57 Å². The van der Waals surface area contributed by atoms with E-state index in [4.69, 9.17) is 32.8 Å². The average Bonchev–Trinajstić information content (AvgIpc) is 3.09. The standard InChI is InChI=1S/C23H15Cl2NO3/c24-18-11-9-15(10-12-18)22-19(23(27)29-26-22)13-16-5-2-4-8-21(16)28-14-17-6-1-3-7-20(17)25/h1-13H,14H2. The molecule has 0 amide bonds. The molecule has 0 saturated carbocycles. The van der Waals surface area contributed by atoms with Crippen molar-refractivity contribution in [2.24, 2.45) is 5.16 Å². The largest absolute Gasteiger partial charge is 0.488 e. The highest BCUT2D eigenvalue weighted by Crippen LogP contribution is 2.27. The van der Waals surface area contributed by atoms with Gasteiger partial charge in [0.2, 0.25) is 0 Å². The molecule has 4 nitrogen and oxygen atoms in total. The van der Waals surface area contributed by atoms with E-state index in [0.717, 1.165) is 16.7 Å². The summed E-state index contributed by atoms with van der Waals surface area (Å²) in [5.74, 6) is 0.103. The molecule has 0 spiro atoms. The number of benzene rings is 3. The van der Waals surface area contributed by atoms with Crippen molar-refractivity contribution in [3.8, 4) is 5.75 Å². The number of carbonyl (C=O) groups excluding carboxylic acids is 1. The molecule has 0 fully saturated rings. The Bertz CT molecular complexity index is 1120. The first-order valence-electron chi connectivity index (χ1n) is 8.84. The highest BCUT2D eigenvalue weighted by molar-refractivity contribution is 6.33. The van der Waals surface area contributed by atoms with Gasteiger partial charge < -0.3 is 9.57 Å². The van der Waals surface area contributed by atoms with Gasteiger partial charge in [0.25, 0.3) is 0 Å². The Balaban J connectivity index is 1.63. The molecule has 0 aromatic heterocycles. The molecule has 0 atom stereocenters. The maximum atomic E-state index is 12.3. The fourth-order valence-electron chi connectivity index (χ4n) is 2.88. The van der Waals surface area contributed by atoms with E-state index in [1.807, 2.05) is 48.5 Å². The number of hydrogen-bond acceptors (Lipinski definition) is 4. The van der Waals surface area contributed by atoms with Crippen molar-refractivity contribution in [3.63, 3.8) is 0 Å². The van der Waals surface area contributed by atoms with Crippen molar-refractivity contribution in [1.29, 1.82) is 0 Å². The van der Waals surface area contributed by atoms with Crippen LogP contribution in [0.2, 0.25) is 10.0 Å². The SMILES string of the molecule is O=C1ON=C(c2ccc(Cl)cc2)C1=Cc1ccccc1OCc1ccccc1Cl. The van der Waals surface area contributed by atoms with E-state index < -0.39 is 5.97 Å². The maximum Gasteiger partial charge on any atom is 0.368 e. The number of halogens is 2. The minimum Gasteiger partial charge on any atom is -0.488 e. The topological polar surface area (TPSA) is 47.9 Å². The van der Waals surface area contributed by atoms with Gasteiger partial charge in [-0.05, 0) is 30.3 Å². The number of carbonyl (C=O) groups is 1. The Kier molecular flexibility index (Phi) is 5.65. The van der Waals surface area contributed by atoms with Gasteiger partial charge in [0.15, 0.2) is 0 Å². The normalized spacial score (nSPS) is 14.6. The van der Waals surface area contributed by atoms with Crippen LogP contribution in [-0.2, 0) is 16.2 Å². The Morgan fingerprint density at radius 3 is 2.45 bits per heavy atom. The minimum absolute atomic E-state index is 0.308. The molecule has 0 unspecified atom stereocenters. The van der Waals surface area contributed by atoms with E-state index in [1.165, 1.54) is 0 Å². The fourth-order valence-corrected chi connectivity index (χ4v) is 3.20. The second-order valence-electron chi connectivity index (χ2n) is 6.30. The third-order valence-corrected chi connectivity index (χ3v) is 4.99. The van der Waals surface area contributed by atoms with Gasteiger partial charge in [-0.3, -0.25) is 0 Å². The Hall–Kier alpha value is -3.08. The van der Waals surface area contributed by atoms with Crippen molar-refractivity contribution >= 4 is 41.0 Å². The molecule has 4 rings (SSSR count). The van der Waals surface area contributed by atoms with Crippen LogP contribution in [0.4, 0.5) is 0 Å². The molecular formula is C23H15Cl2NO3. The highest BCUT2D eigenvalue weighted by atomic mass is 35.5. The number of ether oxygens (including phenoxy) is 1. The third kappa shape index (κ3) is 4.34. The van der Waals surface area contributed by atoms with Crippen molar-refractivity contribution in [2.75, 3.05) is 0 Å². The monoisotopic (exact) mass is 423 g/mol. The van der Waals surface area contributed by atoms with Crippen molar-refractivity contribution in [2.45, 2.75) is 6.61 Å². The molecule has 6 heteroatoms. The summed E-state index contributed by atoms with van der Waals surface area (Å²) in [6, 6.07) is 22.0. The molecule has 0 N–H and O–H groups in total. The molecule has 1 aliphatic rings. The van der Waals surface area contributed by atoms with Crippen LogP contribution in [-0.4, -0.2) is 11.7 Å². The quantitative estimate of drug-likeness (QED) is 0.378. The van der Waals surface area contributed by atoms with E-state index >= 15 is 0 Å². The summed E-state index contributed by atoms with van der Waals surface area (Å²) in [4.78, 5) is 17.2. The summed E-state index contributed by atoms with van der Waals surface area (Å²) in [5, 5.41) is 5.17. The van der Waals surface area contributed by atoms with Gasteiger partial charge >= 0.3 is 5.97 Å². The molecule has 29 heavy (non-hydrogen) atoms. The number of rotatable bonds is 5. The average molecular weight is 424 g/mol. The number of nitrogens with zero attached hydrogens (tertiary/aromatic N) is 1. The molecule has 1 heterocycles. The van der Waals surface area contributed by atoms with Crippen LogP contribution in [0, 0.1) is 0 Å². The van der Waals surface area contributed by atoms with Crippen molar-refractivity contribution in [1.82, 2.24) is 0 Å². The first-order chi connectivity index (χ1) is 14.1. The summed E-state index contributed by atoms with van der Waals surface area (Å²) >= 11 is 12.2. The first kappa shape index (κ1) is 19.2. The third-order valence-electron chi connectivity index (χ3n) is 4.37. The van der Waals surface area contributed by atoms with Crippen LogP contribution in [0.25, 0.3) is 6.08 Å². The Morgan fingerprint density at radius 1 is 0.931 bits per heavy atom. The Morgan fingerprint density at radius 2 is 1.66 bits per heavy atom. The smallest absolute Gasteiger partial charge is 0.368 e. The zero-order valence-electron chi connectivity index (χ0n) is 15.1. The van der Waals surface area contributed by atoms with Gasteiger partial charge in [-0.15, -0.1) is 0 Å². The van der Waals surface area contributed by atoms with Crippen molar-refractivity contribution in [3.05, 3.63) is 105 Å². The molecule has 0 aliphatic carbocycles. The van der Waals surface area contributed by atoms with Crippen LogP contribution < -0.4 is 4.74 Å². The Labute approximate surface area is 178 Å². The zero-order chi connectivity index (χ0) is 20.2. The summed E-state index contributed by atoms with van der Waals surface area (Å²) in [5.41, 5.74) is 3.14. The van der Waals surface area contributed by atoms with Gasteiger partial charge in [-0.2, -0.15) is 0 Å². The van der Waals surface area contributed by atoms with Crippen molar-refractivity contribution < 1.29 is 14.4 Å². The van der Waals surface area contributed by atoms with E-state index in [1.54, 1.807) is 30.3 Å². The lowest BCUT2D eigenvalue weighted by atomic mass is 10.0. The van der Waals surface area contributed by atoms with Gasteiger partial charge in [0, 0.05) is 26.7 Å². The fraction of sp³-hybridized carbons (Fsp3) is 0.0435. The molecule has 1 aliphatic heterocycles. The molecule has 144 valence electrons. The van der Waals surface area contributed by atoms with E-state index in [-0.39, 0.29) is 0 Å².